The van der Waals surface area contributed by atoms with E-state index in [1.165, 1.54) is 0 Å². The second-order valence-corrected chi connectivity index (χ2v) is 5.68. The lowest BCUT2D eigenvalue weighted by molar-refractivity contribution is 0.238. The number of carbonyl (C=O) groups excluding carboxylic acids is 1. The lowest BCUT2D eigenvalue weighted by Gasteiger charge is -2.14. The van der Waals surface area contributed by atoms with E-state index in [1.807, 2.05) is 12.2 Å². The van der Waals surface area contributed by atoms with Crippen LogP contribution in [-0.2, 0) is 0 Å². The van der Waals surface area contributed by atoms with Gasteiger partial charge in [-0.15, -0.1) is 0 Å². The Hall–Kier alpha value is -1.04. The number of carbonyl (C=O) groups is 1. The summed E-state index contributed by atoms with van der Waals surface area (Å²) in [5.74, 6) is 0.132. The molecule has 3 N–H and O–H groups in total. The highest BCUT2D eigenvalue weighted by molar-refractivity contribution is 9.10. The average Bonchev–Trinajstić information content (AvgIpc) is 2.80. The summed E-state index contributed by atoms with van der Waals surface area (Å²) in [6.07, 6.45) is 4.55. The van der Waals surface area contributed by atoms with E-state index in [0.29, 0.717) is 10.7 Å². The summed E-state index contributed by atoms with van der Waals surface area (Å²) in [6, 6.07) is 4.83. The van der Waals surface area contributed by atoms with Crippen LogP contribution in [0.25, 0.3) is 0 Å². The van der Waals surface area contributed by atoms with Crippen molar-refractivity contribution in [2.45, 2.75) is 12.5 Å². The zero-order chi connectivity index (χ0) is 13.8. The first-order valence-electron chi connectivity index (χ1n) is 5.90. The molecule has 1 aromatic rings. The van der Waals surface area contributed by atoms with Gasteiger partial charge in [-0.25, -0.2) is 4.79 Å². The molecule has 0 saturated carbocycles. The number of hydrogen-bond acceptors (Lipinski definition) is 2. The molecule has 0 saturated heterocycles. The van der Waals surface area contributed by atoms with E-state index in [1.54, 1.807) is 18.2 Å². The van der Waals surface area contributed by atoms with Gasteiger partial charge in [-0.2, -0.15) is 0 Å². The Morgan fingerprint density at radius 1 is 1.47 bits per heavy atom. The Labute approximate surface area is 125 Å². The minimum absolute atomic E-state index is 0.0387. The maximum Gasteiger partial charge on any atom is 0.319 e. The van der Waals surface area contributed by atoms with Crippen molar-refractivity contribution in [3.8, 4) is 0 Å². The highest BCUT2D eigenvalue weighted by atomic mass is 79.9. The Bertz CT molecular complexity index is 507. The van der Waals surface area contributed by atoms with Crippen LogP contribution in [0.3, 0.4) is 0 Å². The minimum atomic E-state index is -0.281. The molecular weight excluding hydrogens is 332 g/mol. The van der Waals surface area contributed by atoms with Crippen molar-refractivity contribution in [2.75, 3.05) is 11.9 Å². The molecule has 4 nitrogen and oxygen atoms in total. The van der Waals surface area contributed by atoms with Gasteiger partial charge in [-0.3, -0.25) is 0 Å². The van der Waals surface area contributed by atoms with Crippen LogP contribution in [0.1, 0.15) is 6.42 Å². The van der Waals surface area contributed by atoms with Crippen molar-refractivity contribution in [3.63, 3.8) is 0 Å². The van der Waals surface area contributed by atoms with E-state index in [9.17, 15) is 4.79 Å². The van der Waals surface area contributed by atoms with Crippen LogP contribution in [0.2, 0.25) is 5.02 Å². The van der Waals surface area contributed by atoms with Crippen molar-refractivity contribution in [2.24, 2.45) is 5.92 Å². The molecule has 19 heavy (non-hydrogen) atoms. The lowest BCUT2D eigenvalue weighted by atomic mass is 10.1. The second-order valence-electron chi connectivity index (χ2n) is 4.39. The SMILES string of the molecule is O=C(Nc1ccc(Cl)cc1Br)N[C@@H]1C=C[C@H](CO)C1. The van der Waals surface area contributed by atoms with E-state index >= 15 is 0 Å². The molecule has 6 heteroatoms. The number of benzene rings is 1. The molecule has 0 heterocycles. The van der Waals surface area contributed by atoms with Crippen LogP contribution in [0.4, 0.5) is 10.5 Å². The molecule has 0 bridgehead atoms. The maximum absolute atomic E-state index is 11.8. The van der Waals surface area contributed by atoms with Crippen LogP contribution in [-0.4, -0.2) is 23.8 Å². The van der Waals surface area contributed by atoms with Gasteiger partial charge in [0.25, 0.3) is 0 Å². The van der Waals surface area contributed by atoms with E-state index in [0.717, 1.165) is 10.9 Å². The summed E-state index contributed by atoms with van der Waals surface area (Å²) >= 11 is 9.17. The normalized spacial score (nSPS) is 21.4. The van der Waals surface area contributed by atoms with Gasteiger partial charge in [0.05, 0.1) is 5.69 Å². The standard InChI is InChI=1S/C13H14BrClN2O2/c14-11-6-9(15)2-4-12(11)17-13(19)16-10-3-1-8(5-10)7-18/h1-4,6,8,10,18H,5,7H2,(H2,16,17,19)/t8-,10+/m0/s1. The van der Waals surface area contributed by atoms with Gasteiger partial charge in [0.2, 0.25) is 0 Å². The van der Waals surface area contributed by atoms with Gasteiger partial charge in [0.1, 0.15) is 0 Å². The number of nitrogens with one attached hydrogen (secondary N) is 2. The van der Waals surface area contributed by atoms with Gasteiger partial charge in [-0.1, -0.05) is 23.8 Å². The summed E-state index contributed by atoms with van der Waals surface area (Å²) in [5.41, 5.74) is 0.655. The van der Waals surface area contributed by atoms with Crippen molar-refractivity contribution >= 4 is 39.2 Å². The third-order valence-corrected chi connectivity index (χ3v) is 3.79. The van der Waals surface area contributed by atoms with Crippen LogP contribution in [0, 0.1) is 5.92 Å². The largest absolute Gasteiger partial charge is 0.396 e. The fourth-order valence-corrected chi connectivity index (χ4v) is 2.72. The zero-order valence-electron chi connectivity index (χ0n) is 10.1. The van der Waals surface area contributed by atoms with Gasteiger partial charge < -0.3 is 15.7 Å². The van der Waals surface area contributed by atoms with Crippen LogP contribution in [0.15, 0.2) is 34.8 Å². The predicted octanol–water partition coefficient (Wildman–Crippen LogP) is 3.16. The van der Waals surface area contributed by atoms with Crippen molar-refractivity contribution in [1.29, 1.82) is 0 Å². The summed E-state index contributed by atoms with van der Waals surface area (Å²) in [5, 5.41) is 15.2. The number of aliphatic hydroxyl groups excluding tert-OH is 1. The second kappa shape index (κ2) is 6.41. The number of amides is 2. The topological polar surface area (TPSA) is 61.4 Å². The molecule has 1 aromatic carbocycles. The molecular formula is C13H14BrClN2O2. The smallest absolute Gasteiger partial charge is 0.319 e. The van der Waals surface area contributed by atoms with Gasteiger partial charge in [-0.05, 0) is 40.5 Å². The van der Waals surface area contributed by atoms with Crippen LogP contribution < -0.4 is 10.6 Å². The third-order valence-electron chi connectivity index (χ3n) is 2.90. The fourth-order valence-electron chi connectivity index (χ4n) is 1.93. The van der Waals surface area contributed by atoms with Crippen molar-refractivity contribution in [3.05, 3.63) is 39.8 Å². The highest BCUT2D eigenvalue weighted by Crippen LogP contribution is 2.26. The number of rotatable bonds is 3. The molecule has 102 valence electrons. The Morgan fingerprint density at radius 3 is 2.89 bits per heavy atom. The summed E-state index contributed by atoms with van der Waals surface area (Å²) in [6.45, 7) is 0.110. The molecule has 0 aromatic heterocycles. The molecule has 0 fully saturated rings. The van der Waals surface area contributed by atoms with Gasteiger partial charge >= 0.3 is 6.03 Å². The monoisotopic (exact) mass is 344 g/mol. The Kier molecular flexibility index (Phi) is 4.85. The molecule has 1 aliphatic rings. The first kappa shape index (κ1) is 14.4. The first-order chi connectivity index (χ1) is 9.08. The molecule has 0 aliphatic heterocycles. The van der Waals surface area contributed by atoms with E-state index < -0.39 is 0 Å². The minimum Gasteiger partial charge on any atom is -0.396 e. The zero-order valence-corrected chi connectivity index (χ0v) is 12.4. The first-order valence-corrected chi connectivity index (χ1v) is 7.07. The van der Waals surface area contributed by atoms with Crippen molar-refractivity contribution < 1.29 is 9.90 Å². The van der Waals surface area contributed by atoms with Gasteiger partial charge in [0, 0.05) is 28.1 Å². The fraction of sp³-hybridized carbons (Fsp3) is 0.308. The quantitative estimate of drug-likeness (QED) is 0.737. The van der Waals surface area contributed by atoms with Crippen molar-refractivity contribution in [1.82, 2.24) is 5.32 Å². The maximum atomic E-state index is 11.8. The van der Waals surface area contributed by atoms with Crippen LogP contribution in [0.5, 0.6) is 0 Å². The third kappa shape index (κ3) is 3.96. The lowest BCUT2D eigenvalue weighted by Crippen LogP contribution is -2.36. The van der Waals surface area contributed by atoms with Gasteiger partial charge in [0.15, 0.2) is 0 Å². The highest BCUT2D eigenvalue weighted by Gasteiger charge is 2.19. The Morgan fingerprint density at radius 2 is 2.26 bits per heavy atom. The molecule has 2 atom stereocenters. The summed E-state index contributed by atoms with van der Waals surface area (Å²) < 4.78 is 0.727. The summed E-state index contributed by atoms with van der Waals surface area (Å²) in [4.78, 5) is 11.8. The molecule has 0 unspecified atom stereocenters. The number of hydrogen-bond donors (Lipinski definition) is 3. The molecule has 1 aliphatic carbocycles. The number of anilines is 1. The predicted molar refractivity (Wildman–Crippen MR) is 79.4 cm³/mol. The average molecular weight is 346 g/mol. The molecule has 0 spiro atoms. The number of halogens is 2. The van der Waals surface area contributed by atoms with Crippen LogP contribution >= 0.6 is 27.5 Å². The number of aliphatic hydroxyl groups is 1. The van der Waals surface area contributed by atoms with E-state index in [-0.39, 0.29) is 24.6 Å². The molecule has 0 radical (unpaired) electrons. The number of urea groups is 1. The van der Waals surface area contributed by atoms with E-state index in [2.05, 4.69) is 26.6 Å². The molecule has 2 rings (SSSR count). The molecule has 2 amide bonds. The summed E-state index contributed by atoms with van der Waals surface area (Å²) in [7, 11) is 0. The van der Waals surface area contributed by atoms with E-state index in [4.69, 9.17) is 16.7 Å². The Balaban J connectivity index is 1.90.